The van der Waals surface area contributed by atoms with Gasteiger partial charge in [-0.05, 0) is 55.2 Å². The standard InChI is InChI=1S/C20H23ClF2N2O3S/c1-3-19(20(26)24-12-4-5-14-6-8-15(22)9-7-14)25(29(2,27)28)16-10-11-18(23)17(21)13-16/h6-11,13,19H,3-5,12H2,1-2H3,(H,24,26). The van der Waals surface area contributed by atoms with E-state index in [1.807, 2.05) is 0 Å². The maximum Gasteiger partial charge on any atom is 0.243 e. The Morgan fingerprint density at radius 3 is 2.38 bits per heavy atom. The molecule has 0 saturated heterocycles. The fourth-order valence-electron chi connectivity index (χ4n) is 2.96. The fraction of sp³-hybridized carbons (Fsp3) is 0.350. The van der Waals surface area contributed by atoms with Crippen LogP contribution in [0.25, 0.3) is 0 Å². The van der Waals surface area contributed by atoms with Gasteiger partial charge in [0.25, 0.3) is 0 Å². The van der Waals surface area contributed by atoms with E-state index in [9.17, 15) is 22.0 Å². The van der Waals surface area contributed by atoms with E-state index in [1.165, 1.54) is 24.3 Å². The minimum absolute atomic E-state index is 0.118. The average Bonchev–Trinajstić information content (AvgIpc) is 2.66. The molecule has 0 saturated carbocycles. The van der Waals surface area contributed by atoms with Gasteiger partial charge in [0.15, 0.2) is 0 Å². The molecular formula is C20H23ClF2N2O3S. The van der Waals surface area contributed by atoms with Crippen LogP contribution in [0, 0.1) is 11.6 Å². The van der Waals surface area contributed by atoms with Crippen LogP contribution in [0.2, 0.25) is 5.02 Å². The molecule has 0 aliphatic carbocycles. The van der Waals surface area contributed by atoms with E-state index < -0.39 is 27.8 Å². The number of hydrogen-bond acceptors (Lipinski definition) is 3. The molecule has 0 spiro atoms. The van der Waals surface area contributed by atoms with Gasteiger partial charge in [-0.25, -0.2) is 17.2 Å². The highest BCUT2D eigenvalue weighted by molar-refractivity contribution is 7.92. The molecular weight excluding hydrogens is 422 g/mol. The first kappa shape index (κ1) is 23.1. The molecule has 29 heavy (non-hydrogen) atoms. The van der Waals surface area contributed by atoms with Crippen molar-refractivity contribution in [2.24, 2.45) is 0 Å². The van der Waals surface area contributed by atoms with Gasteiger partial charge < -0.3 is 5.32 Å². The van der Waals surface area contributed by atoms with Gasteiger partial charge in [0.2, 0.25) is 15.9 Å². The Labute approximate surface area is 174 Å². The summed E-state index contributed by atoms with van der Waals surface area (Å²) in [5.74, 6) is -1.45. The molecule has 1 unspecified atom stereocenters. The van der Waals surface area contributed by atoms with E-state index in [0.717, 1.165) is 22.2 Å². The summed E-state index contributed by atoms with van der Waals surface area (Å²) in [6.45, 7) is 2.01. The third-order valence-electron chi connectivity index (χ3n) is 4.34. The molecule has 0 fully saturated rings. The van der Waals surface area contributed by atoms with Gasteiger partial charge in [0, 0.05) is 6.54 Å². The summed E-state index contributed by atoms with van der Waals surface area (Å²) in [4.78, 5) is 12.7. The van der Waals surface area contributed by atoms with Gasteiger partial charge in [-0.1, -0.05) is 30.7 Å². The Bertz CT molecular complexity index is 953. The van der Waals surface area contributed by atoms with Crippen LogP contribution in [0.5, 0.6) is 0 Å². The molecule has 0 aliphatic heterocycles. The molecule has 1 N–H and O–H groups in total. The lowest BCUT2D eigenvalue weighted by molar-refractivity contribution is -0.122. The van der Waals surface area contributed by atoms with Crippen molar-refractivity contribution in [1.82, 2.24) is 5.32 Å². The Morgan fingerprint density at radius 2 is 1.83 bits per heavy atom. The van der Waals surface area contributed by atoms with E-state index in [4.69, 9.17) is 11.6 Å². The quantitative estimate of drug-likeness (QED) is 0.596. The normalized spacial score (nSPS) is 12.4. The molecule has 0 radical (unpaired) electrons. The monoisotopic (exact) mass is 444 g/mol. The number of amides is 1. The summed E-state index contributed by atoms with van der Waals surface area (Å²) in [6, 6.07) is 8.61. The summed E-state index contributed by atoms with van der Waals surface area (Å²) >= 11 is 5.79. The largest absolute Gasteiger partial charge is 0.354 e. The molecule has 0 aliphatic rings. The minimum atomic E-state index is -3.83. The summed E-state index contributed by atoms with van der Waals surface area (Å²) in [7, 11) is -3.83. The van der Waals surface area contributed by atoms with Crippen LogP contribution >= 0.6 is 11.6 Å². The van der Waals surface area contributed by atoms with E-state index in [1.54, 1.807) is 19.1 Å². The second-order valence-electron chi connectivity index (χ2n) is 6.60. The van der Waals surface area contributed by atoms with Crippen LogP contribution < -0.4 is 9.62 Å². The van der Waals surface area contributed by atoms with Crippen LogP contribution in [-0.2, 0) is 21.2 Å². The average molecular weight is 445 g/mol. The van der Waals surface area contributed by atoms with Crippen molar-refractivity contribution < 1.29 is 22.0 Å². The van der Waals surface area contributed by atoms with Gasteiger partial charge in [0.1, 0.15) is 17.7 Å². The Morgan fingerprint density at radius 1 is 1.17 bits per heavy atom. The number of hydrogen-bond donors (Lipinski definition) is 1. The number of carbonyl (C=O) groups is 1. The topological polar surface area (TPSA) is 66.5 Å². The van der Waals surface area contributed by atoms with Crippen molar-refractivity contribution in [3.8, 4) is 0 Å². The molecule has 0 aromatic heterocycles. The molecule has 9 heteroatoms. The molecule has 158 valence electrons. The number of benzene rings is 2. The van der Waals surface area contributed by atoms with Crippen molar-refractivity contribution in [2.75, 3.05) is 17.1 Å². The lowest BCUT2D eigenvalue weighted by Gasteiger charge is -2.30. The summed E-state index contributed by atoms with van der Waals surface area (Å²) < 4.78 is 52.1. The molecule has 1 atom stereocenters. The molecule has 5 nitrogen and oxygen atoms in total. The molecule has 2 aromatic carbocycles. The number of sulfonamides is 1. The van der Waals surface area contributed by atoms with E-state index in [2.05, 4.69) is 5.32 Å². The number of anilines is 1. The first-order valence-electron chi connectivity index (χ1n) is 9.10. The third-order valence-corrected chi connectivity index (χ3v) is 5.81. The van der Waals surface area contributed by atoms with Crippen molar-refractivity contribution in [1.29, 1.82) is 0 Å². The van der Waals surface area contributed by atoms with E-state index in [0.29, 0.717) is 19.4 Å². The van der Waals surface area contributed by atoms with Crippen LogP contribution in [0.1, 0.15) is 25.3 Å². The van der Waals surface area contributed by atoms with Crippen LogP contribution in [0.4, 0.5) is 14.5 Å². The first-order chi connectivity index (χ1) is 13.6. The van der Waals surface area contributed by atoms with Gasteiger partial charge >= 0.3 is 0 Å². The number of nitrogens with one attached hydrogen (secondary N) is 1. The molecule has 2 rings (SSSR count). The molecule has 0 bridgehead atoms. The van der Waals surface area contributed by atoms with Gasteiger partial charge in [-0.15, -0.1) is 0 Å². The van der Waals surface area contributed by atoms with Gasteiger partial charge in [0.05, 0.1) is 17.0 Å². The predicted molar refractivity (Wildman–Crippen MR) is 111 cm³/mol. The van der Waals surface area contributed by atoms with Crippen LogP contribution in [-0.4, -0.2) is 33.2 Å². The van der Waals surface area contributed by atoms with Crippen molar-refractivity contribution in [3.63, 3.8) is 0 Å². The van der Waals surface area contributed by atoms with Crippen molar-refractivity contribution in [3.05, 3.63) is 64.7 Å². The Kier molecular flexibility index (Phi) is 7.98. The third kappa shape index (κ3) is 6.40. The van der Waals surface area contributed by atoms with E-state index in [-0.39, 0.29) is 22.9 Å². The maximum absolute atomic E-state index is 13.5. The van der Waals surface area contributed by atoms with Crippen LogP contribution in [0.15, 0.2) is 42.5 Å². The van der Waals surface area contributed by atoms with Crippen molar-refractivity contribution >= 4 is 33.2 Å². The van der Waals surface area contributed by atoms with Gasteiger partial charge in [-0.3, -0.25) is 9.10 Å². The Balaban J connectivity index is 2.07. The lowest BCUT2D eigenvalue weighted by Crippen LogP contribution is -2.49. The number of carbonyl (C=O) groups excluding carboxylic acids is 1. The summed E-state index contributed by atoms with van der Waals surface area (Å²) in [6.07, 6.45) is 2.44. The van der Waals surface area contributed by atoms with Crippen LogP contribution in [0.3, 0.4) is 0 Å². The smallest absolute Gasteiger partial charge is 0.243 e. The zero-order chi connectivity index (χ0) is 21.6. The fourth-order valence-corrected chi connectivity index (χ4v) is 4.33. The highest BCUT2D eigenvalue weighted by Gasteiger charge is 2.31. The van der Waals surface area contributed by atoms with Gasteiger partial charge in [-0.2, -0.15) is 0 Å². The zero-order valence-electron chi connectivity index (χ0n) is 16.2. The minimum Gasteiger partial charge on any atom is -0.354 e. The molecule has 2 aromatic rings. The second kappa shape index (κ2) is 10.0. The summed E-state index contributed by atoms with van der Waals surface area (Å²) in [5.41, 5.74) is 1.05. The second-order valence-corrected chi connectivity index (χ2v) is 8.87. The number of halogens is 3. The highest BCUT2D eigenvalue weighted by atomic mass is 35.5. The first-order valence-corrected chi connectivity index (χ1v) is 11.3. The summed E-state index contributed by atoms with van der Waals surface area (Å²) in [5, 5.41) is 2.51. The van der Waals surface area contributed by atoms with E-state index >= 15 is 0 Å². The molecule has 1 amide bonds. The molecule has 0 heterocycles. The van der Waals surface area contributed by atoms with Crippen molar-refractivity contribution in [2.45, 2.75) is 32.2 Å². The predicted octanol–water partition coefficient (Wildman–Crippen LogP) is 3.91. The highest BCUT2D eigenvalue weighted by Crippen LogP contribution is 2.27. The number of rotatable bonds is 9. The maximum atomic E-state index is 13.5. The lowest BCUT2D eigenvalue weighted by atomic mass is 10.1. The Hall–Kier alpha value is -2.19. The zero-order valence-corrected chi connectivity index (χ0v) is 17.7. The SMILES string of the molecule is CCC(C(=O)NCCCc1ccc(F)cc1)N(c1ccc(F)c(Cl)c1)S(C)(=O)=O. The number of nitrogens with zero attached hydrogens (tertiary/aromatic N) is 1. The number of aryl methyl sites for hydroxylation is 1.